The average Bonchev–Trinajstić information content (AvgIpc) is 2.48. The van der Waals surface area contributed by atoms with Crippen molar-refractivity contribution in [3.05, 3.63) is 58.1 Å². The number of hydrogen-bond donors (Lipinski definition) is 2. The SMILES string of the molecule is CNC(=O)c1ccc(Cl)c(NS(=O)(=O)c2ccccc2Cl)c1. The Morgan fingerprint density at radius 1 is 1.05 bits per heavy atom. The molecule has 0 atom stereocenters. The Balaban J connectivity index is 2.42. The Kier molecular flexibility index (Phi) is 4.95. The fourth-order valence-electron chi connectivity index (χ4n) is 1.75. The molecular weight excluding hydrogens is 347 g/mol. The van der Waals surface area contributed by atoms with E-state index < -0.39 is 10.0 Å². The first-order valence-electron chi connectivity index (χ1n) is 6.14. The van der Waals surface area contributed by atoms with E-state index in [1.54, 1.807) is 12.1 Å². The number of benzene rings is 2. The summed E-state index contributed by atoms with van der Waals surface area (Å²) in [6, 6.07) is 10.3. The maximum Gasteiger partial charge on any atom is 0.263 e. The zero-order valence-corrected chi connectivity index (χ0v) is 13.8. The van der Waals surface area contributed by atoms with Crippen molar-refractivity contribution in [1.82, 2.24) is 5.32 Å². The summed E-state index contributed by atoms with van der Waals surface area (Å²) in [6.45, 7) is 0. The minimum Gasteiger partial charge on any atom is -0.355 e. The van der Waals surface area contributed by atoms with E-state index in [-0.39, 0.29) is 32.1 Å². The minimum atomic E-state index is -3.91. The first-order chi connectivity index (χ1) is 10.3. The Morgan fingerprint density at radius 3 is 2.36 bits per heavy atom. The molecule has 0 unspecified atom stereocenters. The third-order valence-electron chi connectivity index (χ3n) is 2.83. The lowest BCUT2D eigenvalue weighted by atomic mass is 10.2. The van der Waals surface area contributed by atoms with Gasteiger partial charge in [-0.25, -0.2) is 8.42 Å². The topological polar surface area (TPSA) is 75.3 Å². The summed E-state index contributed by atoms with van der Waals surface area (Å²) in [5.41, 5.74) is 0.381. The van der Waals surface area contributed by atoms with Gasteiger partial charge in [0, 0.05) is 12.6 Å². The number of anilines is 1. The lowest BCUT2D eigenvalue weighted by Gasteiger charge is -2.12. The number of sulfonamides is 1. The molecule has 0 spiro atoms. The molecule has 0 aliphatic rings. The van der Waals surface area contributed by atoms with Crippen LogP contribution in [-0.4, -0.2) is 21.4 Å². The lowest BCUT2D eigenvalue weighted by molar-refractivity contribution is 0.0963. The van der Waals surface area contributed by atoms with Gasteiger partial charge in [-0.05, 0) is 30.3 Å². The second-order valence-electron chi connectivity index (χ2n) is 4.31. The number of hydrogen-bond acceptors (Lipinski definition) is 3. The van der Waals surface area contributed by atoms with Crippen LogP contribution in [0.3, 0.4) is 0 Å². The van der Waals surface area contributed by atoms with Crippen molar-refractivity contribution in [3.8, 4) is 0 Å². The van der Waals surface area contributed by atoms with Crippen molar-refractivity contribution in [3.63, 3.8) is 0 Å². The number of rotatable bonds is 4. The van der Waals surface area contributed by atoms with Crippen LogP contribution in [0.15, 0.2) is 47.4 Å². The minimum absolute atomic E-state index is 0.0712. The maximum absolute atomic E-state index is 12.4. The highest BCUT2D eigenvalue weighted by Gasteiger charge is 2.19. The third-order valence-corrected chi connectivity index (χ3v) is 5.02. The highest BCUT2D eigenvalue weighted by atomic mass is 35.5. The van der Waals surface area contributed by atoms with Crippen LogP contribution in [0.1, 0.15) is 10.4 Å². The molecule has 0 bridgehead atoms. The molecule has 22 heavy (non-hydrogen) atoms. The second kappa shape index (κ2) is 6.56. The zero-order chi connectivity index (χ0) is 16.3. The van der Waals surface area contributed by atoms with Crippen molar-refractivity contribution < 1.29 is 13.2 Å². The van der Waals surface area contributed by atoms with Crippen LogP contribution in [0.25, 0.3) is 0 Å². The van der Waals surface area contributed by atoms with Crippen molar-refractivity contribution in [2.45, 2.75) is 4.90 Å². The monoisotopic (exact) mass is 358 g/mol. The highest BCUT2D eigenvalue weighted by Crippen LogP contribution is 2.28. The molecule has 2 aromatic carbocycles. The Morgan fingerprint density at radius 2 is 1.73 bits per heavy atom. The van der Waals surface area contributed by atoms with Crippen molar-refractivity contribution in [2.24, 2.45) is 0 Å². The predicted molar refractivity (Wildman–Crippen MR) is 87.1 cm³/mol. The maximum atomic E-state index is 12.4. The van der Waals surface area contributed by atoms with E-state index in [0.717, 1.165) is 0 Å². The molecule has 0 heterocycles. The molecule has 0 fully saturated rings. The van der Waals surface area contributed by atoms with Gasteiger partial charge < -0.3 is 5.32 Å². The molecule has 0 aliphatic carbocycles. The Labute approximate surface area is 138 Å². The van der Waals surface area contributed by atoms with E-state index in [0.29, 0.717) is 0 Å². The predicted octanol–water partition coefficient (Wildman–Crippen LogP) is 3.15. The summed E-state index contributed by atoms with van der Waals surface area (Å²) >= 11 is 11.9. The first kappa shape index (κ1) is 16.6. The summed E-state index contributed by atoms with van der Waals surface area (Å²) in [6.07, 6.45) is 0. The number of amides is 1. The van der Waals surface area contributed by atoms with Crippen LogP contribution in [-0.2, 0) is 10.0 Å². The van der Waals surface area contributed by atoms with E-state index >= 15 is 0 Å². The molecule has 0 saturated heterocycles. The highest BCUT2D eigenvalue weighted by molar-refractivity contribution is 7.92. The van der Waals surface area contributed by atoms with Crippen molar-refractivity contribution in [2.75, 3.05) is 11.8 Å². The fourth-order valence-corrected chi connectivity index (χ4v) is 3.56. The van der Waals surface area contributed by atoms with Crippen molar-refractivity contribution >= 4 is 44.8 Å². The van der Waals surface area contributed by atoms with Crippen LogP contribution < -0.4 is 10.0 Å². The largest absolute Gasteiger partial charge is 0.355 e. The standard InChI is InChI=1S/C14H12Cl2N2O3S/c1-17-14(19)9-6-7-10(15)12(8-9)18-22(20,21)13-5-3-2-4-11(13)16/h2-8,18H,1H3,(H,17,19). The van der Waals surface area contributed by atoms with E-state index in [9.17, 15) is 13.2 Å². The fraction of sp³-hybridized carbons (Fsp3) is 0.0714. The van der Waals surface area contributed by atoms with Gasteiger partial charge in [0.15, 0.2) is 0 Å². The van der Waals surface area contributed by atoms with Gasteiger partial charge >= 0.3 is 0 Å². The molecule has 0 aromatic heterocycles. The number of carbonyl (C=O) groups is 1. The average molecular weight is 359 g/mol. The van der Waals surface area contributed by atoms with Crippen LogP contribution in [0, 0.1) is 0 Å². The molecule has 8 heteroatoms. The second-order valence-corrected chi connectivity index (χ2v) is 6.77. The summed E-state index contributed by atoms with van der Waals surface area (Å²) in [4.78, 5) is 11.5. The number of carbonyl (C=O) groups excluding carboxylic acids is 1. The summed E-state index contributed by atoms with van der Waals surface area (Å²) in [7, 11) is -2.44. The van der Waals surface area contributed by atoms with E-state index in [1.807, 2.05) is 0 Å². The lowest BCUT2D eigenvalue weighted by Crippen LogP contribution is -2.19. The molecular formula is C14H12Cl2N2O3S. The molecule has 2 N–H and O–H groups in total. The molecule has 2 rings (SSSR count). The van der Waals surface area contributed by atoms with Gasteiger partial charge in [-0.3, -0.25) is 9.52 Å². The number of nitrogens with one attached hydrogen (secondary N) is 2. The van der Waals surface area contributed by atoms with Crippen LogP contribution in [0.4, 0.5) is 5.69 Å². The van der Waals surface area contributed by atoms with Crippen LogP contribution >= 0.6 is 23.2 Å². The smallest absolute Gasteiger partial charge is 0.263 e. The Bertz CT molecular complexity index is 823. The van der Waals surface area contributed by atoms with E-state index in [4.69, 9.17) is 23.2 Å². The van der Waals surface area contributed by atoms with Gasteiger partial charge in [-0.1, -0.05) is 35.3 Å². The van der Waals surface area contributed by atoms with Gasteiger partial charge in [-0.15, -0.1) is 0 Å². The van der Waals surface area contributed by atoms with E-state index in [1.165, 1.54) is 37.4 Å². The van der Waals surface area contributed by atoms with Gasteiger partial charge in [0.2, 0.25) is 0 Å². The zero-order valence-electron chi connectivity index (χ0n) is 11.4. The van der Waals surface area contributed by atoms with Crippen molar-refractivity contribution in [1.29, 1.82) is 0 Å². The van der Waals surface area contributed by atoms with Crippen LogP contribution in [0.5, 0.6) is 0 Å². The molecule has 2 aromatic rings. The normalized spacial score (nSPS) is 11.0. The third kappa shape index (κ3) is 3.52. The summed E-state index contributed by atoms with van der Waals surface area (Å²) in [5, 5.41) is 2.71. The summed E-state index contributed by atoms with van der Waals surface area (Å²) in [5.74, 6) is -0.352. The van der Waals surface area contributed by atoms with Gasteiger partial charge in [0.05, 0.1) is 15.7 Å². The Hall–Kier alpha value is -1.76. The van der Waals surface area contributed by atoms with Gasteiger partial charge in [0.25, 0.3) is 15.9 Å². The first-order valence-corrected chi connectivity index (χ1v) is 8.38. The molecule has 0 aliphatic heterocycles. The number of halogens is 2. The van der Waals surface area contributed by atoms with Gasteiger partial charge in [-0.2, -0.15) is 0 Å². The van der Waals surface area contributed by atoms with E-state index in [2.05, 4.69) is 10.0 Å². The molecule has 116 valence electrons. The molecule has 1 amide bonds. The van der Waals surface area contributed by atoms with Crippen LogP contribution in [0.2, 0.25) is 10.0 Å². The molecule has 0 radical (unpaired) electrons. The quantitative estimate of drug-likeness (QED) is 0.881. The summed E-state index contributed by atoms with van der Waals surface area (Å²) < 4.78 is 27.1. The molecule has 0 saturated carbocycles. The van der Waals surface area contributed by atoms with Gasteiger partial charge in [0.1, 0.15) is 4.90 Å². The molecule has 5 nitrogen and oxygen atoms in total.